The van der Waals surface area contributed by atoms with E-state index in [0.717, 1.165) is 19.3 Å². The third kappa shape index (κ3) is 1.23. The van der Waals surface area contributed by atoms with Crippen LogP contribution in [0, 0.1) is 5.41 Å². The van der Waals surface area contributed by atoms with Crippen molar-refractivity contribution in [3.05, 3.63) is 24.3 Å². The van der Waals surface area contributed by atoms with Crippen LogP contribution in [0.1, 0.15) is 19.3 Å². The van der Waals surface area contributed by atoms with Crippen LogP contribution in [0.25, 0.3) is 0 Å². The number of rotatable bonds is 0. The average Bonchev–Trinajstić information content (AvgIpc) is 2.40. The topological polar surface area (TPSA) is 37.3 Å². The van der Waals surface area contributed by atoms with E-state index in [1.165, 1.54) is 0 Å². The Bertz CT molecular complexity index is 247. The monoisotopic (exact) mass is 164 g/mol. The minimum Gasteiger partial charge on any atom is -0.393 e. The maximum Gasteiger partial charge on any atom is 0.178 e. The Balaban J connectivity index is 2.19. The van der Waals surface area contributed by atoms with Gasteiger partial charge in [-0.05, 0) is 31.4 Å². The van der Waals surface area contributed by atoms with Crippen molar-refractivity contribution in [1.29, 1.82) is 0 Å². The first kappa shape index (κ1) is 7.74. The summed E-state index contributed by atoms with van der Waals surface area (Å²) in [6.07, 6.45) is 9.49. The van der Waals surface area contributed by atoms with Gasteiger partial charge >= 0.3 is 0 Å². The van der Waals surface area contributed by atoms with Gasteiger partial charge in [-0.15, -0.1) is 0 Å². The smallest absolute Gasteiger partial charge is 0.178 e. The molecule has 1 N–H and O–H groups in total. The first-order valence-corrected chi connectivity index (χ1v) is 4.31. The van der Waals surface area contributed by atoms with Gasteiger partial charge in [-0.25, -0.2) is 0 Å². The minimum atomic E-state index is -0.187. The summed E-state index contributed by atoms with van der Waals surface area (Å²) in [4.78, 5) is 10.8. The van der Waals surface area contributed by atoms with Crippen molar-refractivity contribution in [1.82, 2.24) is 0 Å². The molecule has 0 radical (unpaired) electrons. The molecule has 2 rings (SSSR count). The molecule has 2 nitrogen and oxygen atoms in total. The second-order valence-electron chi connectivity index (χ2n) is 3.70. The van der Waals surface area contributed by atoms with Crippen molar-refractivity contribution in [2.45, 2.75) is 25.4 Å². The minimum absolute atomic E-state index is 0.00662. The van der Waals surface area contributed by atoms with E-state index in [-0.39, 0.29) is 17.3 Å². The highest BCUT2D eigenvalue weighted by Gasteiger charge is 2.35. The van der Waals surface area contributed by atoms with Crippen LogP contribution in [0.5, 0.6) is 0 Å². The van der Waals surface area contributed by atoms with Crippen molar-refractivity contribution >= 4 is 5.78 Å². The molecule has 0 aliphatic heterocycles. The zero-order valence-corrected chi connectivity index (χ0v) is 6.86. The fourth-order valence-corrected chi connectivity index (χ4v) is 1.99. The number of allylic oxidation sites excluding steroid dienone is 4. The predicted octanol–water partition coefficient (Wildman–Crippen LogP) is 1.21. The third-order valence-corrected chi connectivity index (χ3v) is 2.72. The Hall–Kier alpha value is -0.890. The first-order valence-electron chi connectivity index (χ1n) is 4.31. The lowest BCUT2D eigenvalue weighted by molar-refractivity contribution is -0.110. The molecule has 0 heterocycles. The standard InChI is InChI=1S/C10H12O2/c11-8-1-4-10(5-2-8)6-3-9(12)7-10/h1-2,4-5,9,12H,3,6-7H2. The van der Waals surface area contributed by atoms with E-state index in [1.54, 1.807) is 12.2 Å². The zero-order chi connectivity index (χ0) is 8.60. The van der Waals surface area contributed by atoms with Gasteiger partial charge in [0, 0.05) is 5.41 Å². The fourth-order valence-electron chi connectivity index (χ4n) is 1.99. The molecule has 1 saturated carbocycles. The lowest BCUT2D eigenvalue weighted by atomic mass is 9.82. The molecule has 2 aliphatic rings. The number of aliphatic hydroxyl groups is 1. The van der Waals surface area contributed by atoms with Gasteiger partial charge < -0.3 is 5.11 Å². The van der Waals surface area contributed by atoms with E-state index in [9.17, 15) is 9.90 Å². The molecular formula is C10H12O2. The SMILES string of the molecule is O=C1C=CC2(C=C1)CCC(O)C2. The van der Waals surface area contributed by atoms with Gasteiger partial charge in [0.25, 0.3) is 0 Å². The van der Waals surface area contributed by atoms with E-state index in [4.69, 9.17) is 0 Å². The van der Waals surface area contributed by atoms with Crippen molar-refractivity contribution in [3.63, 3.8) is 0 Å². The Kier molecular flexibility index (Phi) is 1.65. The summed E-state index contributed by atoms with van der Waals surface area (Å²) < 4.78 is 0. The summed E-state index contributed by atoms with van der Waals surface area (Å²) in [5.74, 6) is 0.0574. The van der Waals surface area contributed by atoms with Gasteiger partial charge in [-0.1, -0.05) is 12.2 Å². The van der Waals surface area contributed by atoms with E-state index < -0.39 is 0 Å². The molecule has 1 spiro atoms. The number of carbonyl (C=O) groups is 1. The fraction of sp³-hybridized carbons (Fsp3) is 0.500. The molecule has 0 saturated heterocycles. The molecule has 2 heteroatoms. The van der Waals surface area contributed by atoms with Crippen LogP contribution in [0.4, 0.5) is 0 Å². The highest BCUT2D eigenvalue weighted by atomic mass is 16.3. The van der Waals surface area contributed by atoms with Crippen molar-refractivity contribution in [2.24, 2.45) is 5.41 Å². The van der Waals surface area contributed by atoms with Gasteiger partial charge in [-0.3, -0.25) is 4.79 Å². The Labute approximate surface area is 71.6 Å². The van der Waals surface area contributed by atoms with Gasteiger partial charge in [-0.2, -0.15) is 0 Å². The number of ketones is 1. The van der Waals surface area contributed by atoms with E-state index in [1.807, 2.05) is 12.2 Å². The summed E-state index contributed by atoms with van der Waals surface area (Å²) in [6.45, 7) is 0. The Morgan fingerprint density at radius 1 is 1.42 bits per heavy atom. The van der Waals surface area contributed by atoms with Crippen LogP contribution in [0.3, 0.4) is 0 Å². The highest BCUT2D eigenvalue weighted by Crippen LogP contribution is 2.42. The molecule has 0 aromatic carbocycles. The highest BCUT2D eigenvalue weighted by molar-refractivity contribution is 6.00. The van der Waals surface area contributed by atoms with Crippen LogP contribution in [0.2, 0.25) is 0 Å². The molecule has 0 amide bonds. The van der Waals surface area contributed by atoms with E-state index >= 15 is 0 Å². The average molecular weight is 164 g/mol. The predicted molar refractivity (Wildman–Crippen MR) is 45.6 cm³/mol. The van der Waals surface area contributed by atoms with Crippen molar-refractivity contribution < 1.29 is 9.90 Å². The normalized spacial score (nSPS) is 31.8. The summed E-state index contributed by atoms with van der Waals surface area (Å²) in [5.41, 5.74) is -0.00662. The number of hydrogen-bond donors (Lipinski definition) is 1. The summed E-state index contributed by atoms with van der Waals surface area (Å²) >= 11 is 0. The van der Waals surface area contributed by atoms with Gasteiger partial charge in [0.15, 0.2) is 5.78 Å². The molecular weight excluding hydrogens is 152 g/mol. The number of aliphatic hydroxyl groups excluding tert-OH is 1. The molecule has 12 heavy (non-hydrogen) atoms. The summed E-state index contributed by atoms with van der Waals surface area (Å²) in [6, 6.07) is 0. The molecule has 0 bridgehead atoms. The number of hydrogen-bond acceptors (Lipinski definition) is 2. The van der Waals surface area contributed by atoms with Crippen LogP contribution in [0.15, 0.2) is 24.3 Å². The van der Waals surface area contributed by atoms with Gasteiger partial charge in [0.2, 0.25) is 0 Å². The van der Waals surface area contributed by atoms with Crippen LogP contribution < -0.4 is 0 Å². The Morgan fingerprint density at radius 3 is 2.58 bits per heavy atom. The van der Waals surface area contributed by atoms with Crippen molar-refractivity contribution in [2.75, 3.05) is 0 Å². The zero-order valence-electron chi connectivity index (χ0n) is 6.86. The van der Waals surface area contributed by atoms with Crippen LogP contribution in [-0.2, 0) is 4.79 Å². The van der Waals surface area contributed by atoms with E-state index in [2.05, 4.69) is 0 Å². The lowest BCUT2D eigenvalue weighted by Crippen LogP contribution is -2.15. The number of carbonyl (C=O) groups excluding carboxylic acids is 1. The third-order valence-electron chi connectivity index (χ3n) is 2.72. The quantitative estimate of drug-likeness (QED) is 0.584. The van der Waals surface area contributed by atoms with Gasteiger partial charge in [0.1, 0.15) is 0 Å². The molecule has 1 atom stereocenters. The summed E-state index contributed by atoms with van der Waals surface area (Å²) in [5, 5.41) is 9.36. The maximum absolute atomic E-state index is 10.8. The molecule has 1 unspecified atom stereocenters. The molecule has 2 aliphatic carbocycles. The molecule has 0 aromatic rings. The second-order valence-corrected chi connectivity index (χ2v) is 3.70. The summed E-state index contributed by atoms with van der Waals surface area (Å²) in [7, 11) is 0. The van der Waals surface area contributed by atoms with Crippen LogP contribution >= 0.6 is 0 Å². The molecule has 64 valence electrons. The largest absolute Gasteiger partial charge is 0.393 e. The first-order chi connectivity index (χ1) is 5.70. The van der Waals surface area contributed by atoms with Crippen molar-refractivity contribution in [3.8, 4) is 0 Å². The maximum atomic E-state index is 10.8. The Morgan fingerprint density at radius 2 is 2.08 bits per heavy atom. The van der Waals surface area contributed by atoms with Gasteiger partial charge in [0.05, 0.1) is 6.10 Å². The molecule has 1 fully saturated rings. The molecule has 0 aromatic heterocycles. The van der Waals surface area contributed by atoms with Crippen LogP contribution in [-0.4, -0.2) is 17.0 Å². The second kappa shape index (κ2) is 2.56. The van der Waals surface area contributed by atoms with E-state index in [0.29, 0.717) is 0 Å². The lowest BCUT2D eigenvalue weighted by Gasteiger charge is -2.22.